The minimum atomic E-state index is -4.36. The van der Waals surface area contributed by atoms with E-state index in [4.69, 9.17) is 14.2 Å². The number of halogens is 1. The number of methoxy groups -OCH3 is 1. The fourth-order valence-corrected chi connectivity index (χ4v) is 6.78. The molecule has 0 saturated heterocycles. The molecule has 0 radical (unpaired) electrons. The quantitative estimate of drug-likeness (QED) is 0.339. The number of hydrogen-bond acceptors (Lipinski definition) is 7. The van der Waals surface area contributed by atoms with E-state index in [1.165, 1.54) is 35.2 Å². The minimum absolute atomic E-state index is 0.0363. The van der Waals surface area contributed by atoms with E-state index in [0.29, 0.717) is 18.1 Å². The standard InChI is InChI=1S/C32H36FN3O7S/c1-22(32(38)34-25-5-3-4-6-25)35(20-23-7-13-27(41-2)14-8-23)31(37)21-36(26-11-9-24(33)10-12-26)44(39,40)28-15-16-29-30(19-28)43-18-17-42-29/h7-16,19,22,25H,3-6,17-18,20-21H2,1-2H3,(H,34,38). The van der Waals surface area contributed by atoms with E-state index in [2.05, 4.69) is 5.32 Å². The second kappa shape index (κ2) is 13.5. The summed E-state index contributed by atoms with van der Waals surface area (Å²) in [5.41, 5.74) is 0.810. The normalized spacial score (nSPS) is 15.3. The van der Waals surface area contributed by atoms with Gasteiger partial charge in [0.1, 0.15) is 37.4 Å². The summed E-state index contributed by atoms with van der Waals surface area (Å²) in [6.45, 7) is 1.63. The zero-order valence-corrected chi connectivity index (χ0v) is 25.5. The first-order valence-corrected chi connectivity index (χ1v) is 16.0. The largest absolute Gasteiger partial charge is 0.497 e. The van der Waals surface area contributed by atoms with Crippen molar-refractivity contribution in [1.82, 2.24) is 10.2 Å². The smallest absolute Gasteiger partial charge is 0.264 e. The summed E-state index contributed by atoms with van der Waals surface area (Å²) < 4.78 is 59.4. The number of fused-ring (bicyclic) bond motifs is 1. The van der Waals surface area contributed by atoms with Gasteiger partial charge in [-0.25, -0.2) is 12.8 Å². The zero-order valence-electron chi connectivity index (χ0n) is 24.7. The van der Waals surface area contributed by atoms with Crippen LogP contribution in [0.4, 0.5) is 10.1 Å². The van der Waals surface area contributed by atoms with E-state index in [0.717, 1.165) is 47.7 Å². The molecule has 2 amide bonds. The molecule has 3 aromatic carbocycles. The van der Waals surface area contributed by atoms with Crippen molar-refractivity contribution in [2.45, 2.75) is 56.1 Å². The van der Waals surface area contributed by atoms with Crippen molar-refractivity contribution in [2.75, 3.05) is 31.2 Å². The summed E-state index contributed by atoms with van der Waals surface area (Å²) in [6.07, 6.45) is 3.80. The molecular weight excluding hydrogens is 589 g/mol. The van der Waals surface area contributed by atoms with Crippen molar-refractivity contribution in [1.29, 1.82) is 0 Å². The molecular formula is C32H36FN3O7S. The third kappa shape index (κ3) is 7.07. The molecule has 1 fully saturated rings. The molecule has 0 bridgehead atoms. The van der Waals surface area contributed by atoms with Crippen LogP contribution in [0.25, 0.3) is 0 Å². The number of amides is 2. The molecule has 1 saturated carbocycles. The topological polar surface area (TPSA) is 114 Å². The SMILES string of the molecule is COc1ccc(CN(C(=O)CN(c2ccc(F)cc2)S(=O)(=O)c2ccc3c(c2)OCCO3)C(C)C(=O)NC2CCCC2)cc1. The van der Waals surface area contributed by atoms with Gasteiger partial charge in [-0.3, -0.25) is 13.9 Å². The van der Waals surface area contributed by atoms with Crippen LogP contribution in [-0.4, -0.2) is 64.1 Å². The van der Waals surface area contributed by atoms with E-state index in [-0.39, 0.29) is 41.4 Å². The van der Waals surface area contributed by atoms with E-state index in [1.54, 1.807) is 38.3 Å². The molecule has 0 spiro atoms. The van der Waals surface area contributed by atoms with Gasteiger partial charge in [-0.2, -0.15) is 0 Å². The molecule has 1 aliphatic heterocycles. The van der Waals surface area contributed by atoms with Crippen molar-refractivity contribution in [3.63, 3.8) is 0 Å². The minimum Gasteiger partial charge on any atom is -0.497 e. The Balaban J connectivity index is 1.47. The van der Waals surface area contributed by atoms with Crippen LogP contribution < -0.4 is 23.8 Å². The number of rotatable bonds is 11. The number of benzene rings is 3. The molecule has 234 valence electrons. The van der Waals surface area contributed by atoms with Gasteiger partial charge in [-0.1, -0.05) is 25.0 Å². The second-order valence-electron chi connectivity index (χ2n) is 10.8. The lowest BCUT2D eigenvalue weighted by atomic mass is 10.1. The summed E-state index contributed by atoms with van der Waals surface area (Å²) >= 11 is 0. The van der Waals surface area contributed by atoms with E-state index >= 15 is 0 Å². The van der Waals surface area contributed by atoms with Gasteiger partial charge in [0.15, 0.2) is 11.5 Å². The fourth-order valence-electron chi connectivity index (χ4n) is 5.35. The van der Waals surface area contributed by atoms with E-state index in [9.17, 15) is 22.4 Å². The van der Waals surface area contributed by atoms with Crippen LogP contribution in [0.5, 0.6) is 17.2 Å². The molecule has 3 aromatic rings. The molecule has 1 N–H and O–H groups in total. The number of anilines is 1. The number of hydrogen-bond donors (Lipinski definition) is 1. The molecule has 44 heavy (non-hydrogen) atoms. The summed E-state index contributed by atoms with van der Waals surface area (Å²) in [5, 5.41) is 3.04. The number of nitrogens with zero attached hydrogens (tertiary/aromatic N) is 2. The van der Waals surface area contributed by atoms with Crippen LogP contribution in [0.3, 0.4) is 0 Å². The Labute approximate surface area is 256 Å². The highest BCUT2D eigenvalue weighted by molar-refractivity contribution is 7.92. The first kappa shape index (κ1) is 31.1. The number of nitrogens with one attached hydrogen (secondary N) is 1. The van der Waals surface area contributed by atoms with Gasteiger partial charge in [0, 0.05) is 18.7 Å². The number of sulfonamides is 1. The highest BCUT2D eigenvalue weighted by Crippen LogP contribution is 2.34. The van der Waals surface area contributed by atoms with Crippen LogP contribution in [0.1, 0.15) is 38.2 Å². The lowest BCUT2D eigenvalue weighted by Gasteiger charge is -2.32. The molecule has 1 aliphatic carbocycles. The average molecular weight is 626 g/mol. The highest BCUT2D eigenvalue weighted by Gasteiger charge is 2.34. The molecule has 12 heteroatoms. The van der Waals surface area contributed by atoms with Crippen LogP contribution >= 0.6 is 0 Å². The van der Waals surface area contributed by atoms with Gasteiger partial charge in [0.05, 0.1) is 17.7 Å². The number of carbonyl (C=O) groups excluding carboxylic acids is 2. The van der Waals surface area contributed by atoms with Gasteiger partial charge in [0.2, 0.25) is 11.8 Å². The third-order valence-electron chi connectivity index (χ3n) is 7.88. The molecule has 1 heterocycles. The van der Waals surface area contributed by atoms with Crippen molar-refractivity contribution >= 4 is 27.5 Å². The van der Waals surface area contributed by atoms with Crippen molar-refractivity contribution in [3.05, 3.63) is 78.1 Å². The third-order valence-corrected chi connectivity index (χ3v) is 9.65. The lowest BCUT2D eigenvalue weighted by Crippen LogP contribution is -2.52. The second-order valence-corrected chi connectivity index (χ2v) is 12.7. The van der Waals surface area contributed by atoms with Crippen molar-refractivity contribution in [3.8, 4) is 17.2 Å². The molecule has 0 aromatic heterocycles. The summed E-state index contributed by atoms with van der Waals surface area (Å²) in [4.78, 5) is 28.7. The monoisotopic (exact) mass is 625 g/mol. The molecule has 1 unspecified atom stereocenters. The maximum atomic E-state index is 14.1. The van der Waals surface area contributed by atoms with Crippen LogP contribution in [0.2, 0.25) is 0 Å². The van der Waals surface area contributed by atoms with Gasteiger partial charge in [-0.05, 0) is 73.9 Å². The Morgan fingerprint density at radius 1 is 0.977 bits per heavy atom. The first-order valence-electron chi connectivity index (χ1n) is 14.6. The lowest BCUT2D eigenvalue weighted by molar-refractivity contribution is -0.139. The van der Waals surface area contributed by atoms with E-state index in [1.807, 2.05) is 0 Å². The maximum absolute atomic E-state index is 14.1. The van der Waals surface area contributed by atoms with Gasteiger partial charge in [-0.15, -0.1) is 0 Å². The maximum Gasteiger partial charge on any atom is 0.264 e. The van der Waals surface area contributed by atoms with Crippen molar-refractivity contribution in [2.24, 2.45) is 0 Å². The van der Waals surface area contributed by atoms with Gasteiger partial charge in [0.25, 0.3) is 10.0 Å². The Hall–Kier alpha value is -4.32. The molecule has 10 nitrogen and oxygen atoms in total. The Kier molecular flexibility index (Phi) is 9.58. The molecule has 5 rings (SSSR count). The Morgan fingerprint density at radius 3 is 2.30 bits per heavy atom. The molecule has 2 aliphatic rings. The average Bonchev–Trinajstić information content (AvgIpc) is 3.55. The van der Waals surface area contributed by atoms with Crippen LogP contribution in [-0.2, 0) is 26.2 Å². The first-order chi connectivity index (χ1) is 21.2. The Bertz CT molecular complexity index is 1580. The number of carbonyl (C=O) groups is 2. The Morgan fingerprint density at radius 2 is 1.64 bits per heavy atom. The fraction of sp³-hybridized carbons (Fsp3) is 0.375. The summed E-state index contributed by atoms with van der Waals surface area (Å²) in [5.74, 6) is -0.183. The van der Waals surface area contributed by atoms with Crippen LogP contribution in [0, 0.1) is 5.82 Å². The van der Waals surface area contributed by atoms with Crippen molar-refractivity contribution < 1.29 is 36.6 Å². The molecule has 1 atom stereocenters. The predicted molar refractivity (Wildman–Crippen MR) is 162 cm³/mol. The van der Waals surface area contributed by atoms with Gasteiger partial charge >= 0.3 is 0 Å². The van der Waals surface area contributed by atoms with Crippen LogP contribution in [0.15, 0.2) is 71.6 Å². The zero-order chi connectivity index (χ0) is 31.3. The predicted octanol–water partition coefficient (Wildman–Crippen LogP) is 4.28. The highest BCUT2D eigenvalue weighted by atomic mass is 32.2. The summed E-state index contributed by atoms with van der Waals surface area (Å²) in [6, 6.07) is 15.2. The number of ether oxygens (including phenoxy) is 3. The van der Waals surface area contributed by atoms with E-state index < -0.39 is 34.3 Å². The van der Waals surface area contributed by atoms with Gasteiger partial charge < -0.3 is 24.4 Å². The summed E-state index contributed by atoms with van der Waals surface area (Å²) in [7, 11) is -2.82.